The lowest BCUT2D eigenvalue weighted by molar-refractivity contribution is -0.184. The molecule has 5 atom stereocenters. The lowest BCUT2D eigenvalue weighted by Crippen LogP contribution is -2.77. The standard InChI is InChI=1S/C18H24N2O2/c1-10-3-4-11-9-13-18(21)6-5-12(19)16-17(18,7-8-20(13)2)14(11)15(10)22-16/h3-4,12-13,16,21H,5-9,19H2,1-2H3/t12?,13-,16?,17?,18-/m0/s1. The predicted molar refractivity (Wildman–Crippen MR) is 84.2 cm³/mol. The fourth-order valence-corrected chi connectivity index (χ4v) is 5.94. The zero-order valence-corrected chi connectivity index (χ0v) is 13.3. The number of likely N-dealkylation sites (tertiary alicyclic amines) is 1. The molecule has 2 aliphatic carbocycles. The van der Waals surface area contributed by atoms with E-state index in [-0.39, 0.29) is 23.6 Å². The molecule has 22 heavy (non-hydrogen) atoms. The van der Waals surface area contributed by atoms with Gasteiger partial charge in [-0.2, -0.15) is 0 Å². The second-order valence-electron chi connectivity index (χ2n) is 7.83. The zero-order valence-electron chi connectivity index (χ0n) is 13.3. The van der Waals surface area contributed by atoms with Crippen molar-refractivity contribution in [2.24, 2.45) is 5.73 Å². The number of benzene rings is 1. The molecule has 3 unspecified atom stereocenters. The minimum absolute atomic E-state index is 0.0158. The average Bonchev–Trinajstić information content (AvgIpc) is 2.85. The second kappa shape index (κ2) is 3.86. The Morgan fingerprint density at radius 1 is 1.36 bits per heavy atom. The highest BCUT2D eigenvalue weighted by molar-refractivity contribution is 5.60. The first kappa shape index (κ1) is 13.3. The van der Waals surface area contributed by atoms with E-state index in [1.807, 2.05) is 0 Å². The van der Waals surface area contributed by atoms with Crippen molar-refractivity contribution >= 4 is 0 Å². The van der Waals surface area contributed by atoms with Crippen LogP contribution in [0.5, 0.6) is 5.75 Å². The van der Waals surface area contributed by atoms with Crippen LogP contribution in [0, 0.1) is 6.92 Å². The number of aliphatic hydroxyl groups is 1. The van der Waals surface area contributed by atoms with E-state index in [4.69, 9.17) is 10.5 Å². The van der Waals surface area contributed by atoms with Crippen molar-refractivity contribution in [1.82, 2.24) is 4.90 Å². The first-order valence-electron chi connectivity index (χ1n) is 8.47. The number of nitrogens with zero attached hydrogens (tertiary/aromatic N) is 1. The zero-order chi connectivity index (χ0) is 15.3. The third-order valence-corrected chi connectivity index (χ3v) is 6.99. The van der Waals surface area contributed by atoms with Crippen molar-refractivity contribution in [3.05, 3.63) is 28.8 Å². The Balaban J connectivity index is 1.86. The smallest absolute Gasteiger partial charge is 0.127 e. The minimum atomic E-state index is -0.702. The third-order valence-electron chi connectivity index (χ3n) is 6.99. The molecule has 2 bridgehead atoms. The Bertz CT molecular complexity index is 675. The maximum absolute atomic E-state index is 11.8. The third kappa shape index (κ3) is 1.20. The van der Waals surface area contributed by atoms with Crippen molar-refractivity contribution in [3.8, 4) is 5.75 Å². The van der Waals surface area contributed by atoms with Crippen LogP contribution in [0.1, 0.15) is 36.0 Å². The van der Waals surface area contributed by atoms with Gasteiger partial charge in [0.05, 0.1) is 11.0 Å². The first-order chi connectivity index (χ1) is 10.5. The van der Waals surface area contributed by atoms with Gasteiger partial charge in [0.1, 0.15) is 11.9 Å². The van der Waals surface area contributed by atoms with E-state index in [9.17, 15) is 5.11 Å². The summed E-state index contributed by atoms with van der Waals surface area (Å²) in [5.41, 5.74) is 9.29. The fourth-order valence-electron chi connectivity index (χ4n) is 5.94. The Kier molecular flexibility index (Phi) is 2.34. The topological polar surface area (TPSA) is 58.7 Å². The Hall–Kier alpha value is -1.10. The van der Waals surface area contributed by atoms with Gasteiger partial charge in [-0.05, 0) is 57.3 Å². The molecule has 0 radical (unpaired) electrons. The Morgan fingerprint density at radius 2 is 2.18 bits per heavy atom. The van der Waals surface area contributed by atoms with E-state index in [0.717, 1.165) is 38.0 Å². The summed E-state index contributed by atoms with van der Waals surface area (Å²) in [5.74, 6) is 1.02. The molecule has 1 aromatic carbocycles. The van der Waals surface area contributed by atoms with Gasteiger partial charge in [-0.15, -0.1) is 0 Å². The molecule has 1 saturated carbocycles. The molecule has 4 nitrogen and oxygen atoms in total. The van der Waals surface area contributed by atoms with Gasteiger partial charge in [0.15, 0.2) is 0 Å². The van der Waals surface area contributed by atoms with Crippen LogP contribution in [0.4, 0.5) is 0 Å². The number of nitrogens with two attached hydrogens (primary N) is 1. The largest absolute Gasteiger partial charge is 0.487 e. The van der Waals surface area contributed by atoms with Crippen molar-refractivity contribution in [1.29, 1.82) is 0 Å². The van der Waals surface area contributed by atoms with Crippen LogP contribution in [0.3, 0.4) is 0 Å². The lowest BCUT2D eigenvalue weighted by Gasteiger charge is -2.63. The summed E-state index contributed by atoms with van der Waals surface area (Å²) in [6.07, 6.45) is 3.42. The van der Waals surface area contributed by atoms with E-state index in [0.29, 0.717) is 0 Å². The summed E-state index contributed by atoms with van der Waals surface area (Å²) >= 11 is 0. The second-order valence-corrected chi connectivity index (χ2v) is 7.83. The van der Waals surface area contributed by atoms with Gasteiger partial charge in [0, 0.05) is 17.6 Å². The predicted octanol–water partition coefficient (Wildman–Crippen LogP) is 1.11. The van der Waals surface area contributed by atoms with Crippen LogP contribution in [0.2, 0.25) is 0 Å². The van der Waals surface area contributed by atoms with Crippen LogP contribution in [0.15, 0.2) is 12.1 Å². The molecule has 2 heterocycles. The number of hydrogen-bond donors (Lipinski definition) is 2. The minimum Gasteiger partial charge on any atom is -0.487 e. The van der Waals surface area contributed by atoms with E-state index in [1.54, 1.807) is 0 Å². The Labute approximate surface area is 131 Å². The molecular weight excluding hydrogens is 276 g/mol. The highest BCUT2D eigenvalue weighted by Crippen LogP contribution is 2.64. The maximum atomic E-state index is 11.8. The van der Waals surface area contributed by atoms with Gasteiger partial charge in [-0.3, -0.25) is 0 Å². The molecule has 5 rings (SSSR count). The summed E-state index contributed by atoms with van der Waals surface area (Å²) in [4.78, 5) is 2.35. The summed E-state index contributed by atoms with van der Waals surface area (Å²) in [6.45, 7) is 3.11. The van der Waals surface area contributed by atoms with Gasteiger partial charge in [-0.25, -0.2) is 0 Å². The number of rotatable bonds is 0. The van der Waals surface area contributed by atoms with Crippen LogP contribution in [-0.2, 0) is 11.8 Å². The molecule has 3 N–H and O–H groups in total. The van der Waals surface area contributed by atoms with Crippen LogP contribution < -0.4 is 10.5 Å². The number of aryl methyl sites for hydroxylation is 1. The molecule has 1 spiro atoms. The van der Waals surface area contributed by atoms with E-state index < -0.39 is 5.60 Å². The highest BCUT2D eigenvalue weighted by atomic mass is 16.5. The number of ether oxygens (including phenoxy) is 1. The van der Waals surface area contributed by atoms with E-state index in [2.05, 4.69) is 31.0 Å². The molecular formula is C18H24N2O2. The number of hydrogen-bond acceptors (Lipinski definition) is 4. The van der Waals surface area contributed by atoms with E-state index >= 15 is 0 Å². The average molecular weight is 300 g/mol. The monoisotopic (exact) mass is 300 g/mol. The lowest BCUT2D eigenvalue weighted by atomic mass is 9.48. The molecule has 4 aliphatic rings. The molecule has 0 aromatic heterocycles. The van der Waals surface area contributed by atoms with Crippen molar-refractivity contribution in [3.63, 3.8) is 0 Å². The van der Waals surface area contributed by atoms with E-state index in [1.165, 1.54) is 16.7 Å². The molecule has 1 saturated heterocycles. The number of piperidine rings is 1. The first-order valence-corrected chi connectivity index (χ1v) is 8.47. The number of likely N-dealkylation sites (N-methyl/N-ethyl adjacent to an activating group) is 1. The molecule has 2 aliphatic heterocycles. The van der Waals surface area contributed by atoms with Crippen LogP contribution in [-0.4, -0.2) is 47.4 Å². The molecule has 4 heteroatoms. The Morgan fingerprint density at radius 3 is 3.00 bits per heavy atom. The normalized spacial score (nSPS) is 45.4. The van der Waals surface area contributed by atoms with Crippen molar-refractivity contribution < 1.29 is 9.84 Å². The van der Waals surface area contributed by atoms with Gasteiger partial charge in [-0.1, -0.05) is 12.1 Å². The quantitative estimate of drug-likeness (QED) is 0.753. The summed E-state index contributed by atoms with van der Waals surface area (Å²) in [7, 11) is 2.15. The van der Waals surface area contributed by atoms with Crippen LogP contribution >= 0.6 is 0 Å². The van der Waals surface area contributed by atoms with Gasteiger partial charge in [0.2, 0.25) is 0 Å². The molecule has 2 fully saturated rings. The maximum Gasteiger partial charge on any atom is 0.127 e. The van der Waals surface area contributed by atoms with Crippen LogP contribution in [0.25, 0.3) is 0 Å². The highest BCUT2D eigenvalue weighted by Gasteiger charge is 2.71. The van der Waals surface area contributed by atoms with Gasteiger partial charge < -0.3 is 20.5 Å². The molecule has 1 aromatic rings. The van der Waals surface area contributed by atoms with Gasteiger partial charge in [0.25, 0.3) is 0 Å². The van der Waals surface area contributed by atoms with Crippen molar-refractivity contribution in [2.75, 3.05) is 13.6 Å². The summed E-state index contributed by atoms with van der Waals surface area (Å²) in [6, 6.07) is 4.60. The molecule has 0 amide bonds. The van der Waals surface area contributed by atoms with Gasteiger partial charge >= 0.3 is 0 Å². The molecule has 118 valence electrons. The summed E-state index contributed by atoms with van der Waals surface area (Å²) < 4.78 is 6.42. The fraction of sp³-hybridized carbons (Fsp3) is 0.667. The van der Waals surface area contributed by atoms with Crippen molar-refractivity contribution in [2.45, 2.75) is 61.8 Å². The SMILES string of the molecule is Cc1ccc2c3c1OC1C(N)CC[C@]4(O)[C@H](C2)N(C)CCC314. The summed E-state index contributed by atoms with van der Waals surface area (Å²) in [5, 5.41) is 11.8.